The molecule has 0 radical (unpaired) electrons. The number of benzene rings is 2. The van der Waals surface area contributed by atoms with Gasteiger partial charge in [0.05, 0.1) is 12.0 Å². The fourth-order valence-corrected chi connectivity index (χ4v) is 3.19. The molecule has 4 amide bonds. The first-order valence-corrected chi connectivity index (χ1v) is 9.94. The summed E-state index contributed by atoms with van der Waals surface area (Å²) >= 11 is 0. The fourth-order valence-electron chi connectivity index (χ4n) is 3.19. The van der Waals surface area contributed by atoms with Gasteiger partial charge in [0.15, 0.2) is 5.76 Å². The number of nitrogens with one attached hydrogen (secondary N) is 3. The van der Waals surface area contributed by atoms with Gasteiger partial charge >= 0.3 is 0 Å². The number of carbonyl (C=O) groups is 4. The molecule has 2 heterocycles. The van der Waals surface area contributed by atoms with E-state index in [1.807, 2.05) is 6.07 Å². The highest BCUT2D eigenvalue weighted by atomic mass is 16.3. The van der Waals surface area contributed by atoms with Gasteiger partial charge in [-0.1, -0.05) is 12.1 Å². The Morgan fingerprint density at radius 1 is 0.969 bits per heavy atom. The predicted octanol–water partition coefficient (Wildman–Crippen LogP) is 2.62. The normalized spacial score (nSPS) is 13.4. The lowest BCUT2D eigenvalue weighted by Crippen LogP contribution is -2.50. The lowest BCUT2D eigenvalue weighted by Gasteiger charge is -2.27. The summed E-state index contributed by atoms with van der Waals surface area (Å²) in [7, 11) is 0. The molecule has 3 aromatic rings. The van der Waals surface area contributed by atoms with Crippen molar-refractivity contribution >= 4 is 35.0 Å². The van der Waals surface area contributed by atoms with Crippen LogP contribution in [0, 0.1) is 0 Å². The molecule has 3 N–H and O–H groups in total. The predicted molar refractivity (Wildman–Crippen MR) is 116 cm³/mol. The molecule has 32 heavy (non-hydrogen) atoms. The van der Waals surface area contributed by atoms with Crippen molar-refractivity contribution in [2.45, 2.75) is 19.4 Å². The van der Waals surface area contributed by atoms with E-state index in [4.69, 9.17) is 4.42 Å². The van der Waals surface area contributed by atoms with Crippen molar-refractivity contribution in [1.82, 2.24) is 10.7 Å². The van der Waals surface area contributed by atoms with E-state index in [2.05, 4.69) is 16.1 Å². The van der Waals surface area contributed by atoms with Gasteiger partial charge in [-0.2, -0.15) is 0 Å². The maximum atomic E-state index is 12.5. The molecule has 0 bridgehead atoms. The quantitative estimate of drug-likeness (QED) is 0.553. The molecular formula is C23H20N4O5. The number of rotatable bonds is 6. The average Bonchev–Trinajstić information content (AvgIpc) is 3.35. The Bertz CT molecular complexity index is 1160. The lowest BCUT2D eigenvalue weighted by molar-refractivity contribution is -0.130. The Morgan fingerprint density at radius 3 is 2.53 bits per heavy atom. The van der Waals surface area contributed by atoms with E-state index >= 15 is 0 Å². The highest BCUT2D eigenvalue weighted by Crippen LogP contribution is 2.18. The second-order valence-electron chi connectivity index (χ2n) is 7.13. The molecule has 1 aliphatic rings. The van der Waals surface area contributed by atoms with Crippen molar-refractivity contribution in [2.24, 2.45) is 0 Å². The van der Waals surface area contributed by atoms with Crippen LogP contribution in [0.1, 0.15) is 39.3 Å². The molecule has 0 atom stereocenters. The lowest BCUT2D eigenvalue weighted by atomic mass is 10.1. The Morgan fingerprint density at radius 2 is 1.78 bits per heavy atom. The Kier molecular flexibility index (Phi) is 5.98. The van der Waals surface area contributed by atoms with Crippen LogP contribution in [0.15, 0.2) is 71.3 Å². The van der Waals surface area contributed by atoms with Crippen LogP contribution in [-0.2, 0) is 16.1 Å². The van der Waals surface area contributed by atoms with Gasteiger partial charge in [0.1, 0.15) is 0 Å². The molecule has 4 rings (SSSR count). The zero-order valence-corrected chi connectivity index (χ0v) is 17.0. The van der Waals surface area contributed by atoms with Gasteiger partial charge in [-0.05, 0) is 54.1 Å². The highest BCUT2D eigenvalue weighted by molar-refractivity contribution is 6.02. The van der Waals surface area contributed by atoms with Gasteiger partial charge in [-0.15, -0.1) is 0 Å². The monoisotopic (exact) mass is 432 g/mol. The van der Waals surface area contributed by atoms with Gasteiger partial charge in [0, 0.05) is 30.6 Å². The molecule has 2 aromatic carbocycles. The van der Waals surface area contributed by atoms with Crippen molar-refractivity contribution in [1.29, 1.82) is 0 Å². The number of hydrazine groups is 1. The first-order chi connectivity index (χ1) is 15.5. The average molecular weight is 432 g/mol. The molecule has 0 spiro atoms. The van der Waals surface area contributed by atoms with Crippen LogP contribution < -0.4 is 21.1 Å². The Balaban J connectivity index is 1.35. The zero-order valence-electron chi connectivity index (χ0n) is 17.0. The molecule has 1 aromatic heterocycles. The van der Waals surface area contributed by atoms with Gasteiger partial charge in [-0.3, -0.25) is 24.6 Å². The third kappa shape index (κ3) is 4.84. The molecule has 1 fully saturated rings. The zero-order chi connectivity index (χ0) is 22.5. The summed E-state index contributed by atoms with van der Waals surface area (Å²) in [6.45, 7) is 0.256. The highest BCUT2D eigenvalue weighted by Gasteiger charge is 2.24. The number of furan rings is 1. The van der Waals surface area contributed by atoms with E-state index < -0.39 is 0 Å². The van der Waals surface area contributed by atoms with E-state index in [0.29, 0.717) is 16.9 Å². The Hall–Kier alpha value is -4.40. The summed E-state index contributed by atoms with van der Waals surface area (Å²) in [5, 5.41) is 6.75. The van der Waals surface area contributed by atoms with E-state index in [1.54, 1.807) is 54.6 Å². The standard InChI is InChI=1S/C23H20N4O5/c28-20-10-11-21(29)27(26-20)18-8-6-16(7-9-18)22(30)24-14-15-3-1-4-17(13-15)25-23(31)19-5-2-12-32-19/h1-9,12-13H,10-11,14H2,(H,24,30)(H,25,31)(H,26,28). The van der Waals surface area contributed by atoms with Crippen LogP contribution >= 0.6 is 0 Å². The second kappa shape index (κ2) is 9.17. The number of anilines is 2. The van der Waals surface area contributed by atoms with E-state index in [9.17, 15) is 19.2 Å². The molecule has 0 aliphatic carbocycles. The summed E-state index contributed by atoms with van der Waals surface area (Å²) in [4.78, 5) is 48.1. The molecule has 162 valence electrons. The minimum atomic E-state index is -0.361. The summed E-state index contributed by atoms with van der Waals surface area (Å²) in [5.74, 6) is -0.886. The van der Waals surface area contributed by atoms with Crippen LogP contribution in [0.3, 0.4) is 0 Å². The second-order valence-corrected chi connectivity index (χ2v) is 7.13. The Labute approximate surface area is 183 Å². The van der Waals surface area contributed by atoms with Gasteiger partial charge in [0.2, 0.25) is 11.8 Å². The smallest absolute Gasteiger partial charge is 0.291 e. The third-order valence-electron chi connectivity index (χ3n) is 4.82. The number of nitrogens with zero attached hydrogens (tertiary/aromatic N) is 1. The number of hydrogen-bond acceptors (Lipinski definition) is 5. The van der Waals surface area contributed by atoms with E-state index in [-0.39, 0.29) is 48.8 Å². The maximum absolute atomic E-state index is 12.5. The first-order valence-electron chi connectivity index (χ1n) is 9.94. The van der Waals surface area contributed by atoms with Gasteiger partial charge in [0.25, 0.3) is 11.8 Å². The number of amides is 4. The minimum Gasteiger partial charge on any atom is -0.459 e. The van der Waals surface area contributed by atoms with Gasteiger partial charge < -0.3 is 15.1 Å². The molecule has 1 aliphatic heterocycles. The van der Waals surface area contributed by atoms with Crippen molar-refractivity contribution in [3.8, 4) is 0 Å². The summed E-state index contributed by atoms with van der Waals surface area (Å²) in [5.41, 5.74) is 4.79. The van der Waals surface area contributed by atoms with Crippen molar-refractivity contribution < 1.29 is 23.6 Å². The summed E-state index contributed by atoms with van der Waals surface area (Å²) < 4.78 is 5.07. The third-order valence-corrected chi connectivity index (χ3v) is 4.82. The number of hydrogen-bond donors (Lipinski definition) is 3. The van der Waals surface area contributed by atoms with Crippen LogP contribution in [0.5, 0.6) is 0 Å². The topological polar surface area (TPSA) is 121 Å². The number of carbonyl (C=O) groups excluding carboxylic acids is 4. The van der Waals surface area contributed by atoms with Crippen molar-refractivity contribution in [3.63, 3.8) is 0 Å². The van der Waals surface area contributed by atoms with Gasteiger partial charge in [-0.25, -0.2) is 5.01 Å². The van der Waals surface area contributed by atoms with Crippen molar-refractivity contribution in [3.05, 3.63) is 83.8 Å². The van der Waals surface area contributed by atoms with Crippen molar-refractivity contribution in [2.75, 3.05) is 10.3 Å². The molecule has 9 nitrogen and oxygen atoms in total. The maximum Gasteiger partial charge on any atom is 0.291 e. The summed E-state index contributed by atoms with van der Waals surface area (Å²) in [6.07, 6.45) is 1.74. The largest absolute Gasteiger partial charge is 0.459 e. The molecule has 1 saturated heterocycles. The first kappa shape index (κ1) is 20.9. The van der Waals surface area contributed by atoms with Crippen LogP contribution in [0.4, 0.5) is 11.4 Å². The fraction of sp³-hybridized carbons (Fsp3) is 0.130. The van der Waals surface area contributed by atoms with Crippen LogP contribution in [0.2, 0.25) is 0 Å². The SMILES string of the molecule is O=C1CCC(=O)N(c2ccc(C(=O)NCc3cccc(NC(=O)c4ccco4)c3)cc2)N1. The molecular weight excluding hydrogens is 412 g/mol. The van der Waals surface area contributed by atoms with Crippen LogP contribution in [0.25, 0.3) is 0 Å². The van der Waals surface area contributed by atoms with E-state index in [1.165, 1.54) is 11.3 Å². The van der Waals surface area contributed by atoms with Crippen LogP contribution in [-0.4, -0.2) is 23.6 Å². The van der Waals surface area contributed by atoms with E-state index in [0.717, 1.165) is 5.56 Å². The minimum absolute atomic E-state index is 0.148. The summed E-state index contributed by atoms with van der Waals surface area (Å²) in [6, 6.07) is 16.7. The molecule has 9 heteroatoms. The molecule has 0 unspecified atom stereocenters. The molecule has 0 saturated carbocycles.